The third-order valence-electron chi connectivity index (χ3n) is 6.70. The summed E-state index contributed by atoms with van der Waals surface area (Å²) in [4.78, 5) is 28.2. The standard InChI is InChI=1S/C25H27FN4O3/c1-14(6-9-29-23(31)5-8-27)30-25(32)15(2)24-18-12-17(13-19(18)24)33-22-7-10-28-21-4-3-16(26)11-20(21)22/h3-4,7,10-11,15,17-19,24H,1,5-6,9,12-13H2,2H3,(H,29,31)(H,30,32)/t15?,17?,18-,19+,24?. The highest BCUT2D eigenvalue weighted by molar-refractivity contribution is 5.85. The van der Waals surface area contributed by atoms with E-state index in [1.165, 1.54) is 12.1 Å². The van der Waals surface area contributed by atoms with E-state index in [0.29, 0.717) is 53.1 Å². The van der Waals surface area contributed by atoms with Crippen molar-refractivity contribution >= 4 is 22.7 Å². The van der Waals surface area contributed by atoms with Crippen LogP contribution in [0.4, 0.5) is 4.39 Å². The Labute approximate surface area is 192 Å². The van der Waals surface area contributed by atoms with Gasteiger partial charge in [-0.05, 0) is 54.9 Å². The molecule has 2 amide bonds. The van der Waals surface area contributed by atoms with E-state index in [0.717, 1.165) is 12.8 Å². The van der Waals surface area contributed by atoms with Gasteiger partial charge in [0.1, 0.15) is 18.0 Å². The van der Waals surface area contributed by atoms with E-state index >= 15 is 0 Å². The van der Waals surface area contributed by atoms with Gasteiger partial charge in [-0.15, -0.1) is 0 Å². The molecule has 8 heteroatoms. The van der Waals surface area contributed by atoms with E-state index in [2.05, 4.69) is 22.2 Å². The highest BCUT2D eigenvalue weighted by Crippen LogP contribution is 2.61. The molecule has 172 valence electrons. The van der Waals surface area contributed by atoms with Crippen LogP contribution >= 0.6 is 0 Å². The molecule has 2 saturated carbocycles. The minimum atomic E-state index is -0.336. The first-order valence-corrected chi connectivity index (χ1v) is 11.2. The monoisotopic (exact) mass is 450 g/mol. The van der Waals surface area contributed by atoms with Gasteiger partial charge in [-0.3, -0.25) is 14.6 Å². The van der Waals surface area contributed by atoms with Crippen LogP contribution in [0.5, 0.6) is 5.75 Å². The Morgan fingerprint density at radius 3 is 2.82 bits per heavy atom. The number of rotatable bonds is 9. The summed E-state index contributed by atoms with van der Waals surface area (Å²) >= 11 is 0. The number of halogens is 1. The molecule has 2 fully saturated rings. The zero-order valence-corrected chi connectivity index (χ0v) is 18.5. The fourth-order valence-electron chi connectivity index (χ4n) is 5.07. The fourth-order valence-corrected chi connectivity index (χ4v) is 5.07. The molecule has 1 aromatic carbocycles. The van der Waals surface area contributed by atoms with Crippen molar-refractivity contribution in [3.05, 3.63) is 48.6 Å². The zero-order chi connectivity index (χ0) is 23.5. The second-order valence-electron chi connectivity index (χ2n) is 8.90. The van der Waals surface area contributed by atoms with Gasteiger partial charge in [0.2, 0.25) is 11.8 Å². The zero-order valence-electron chi connectivity index (χ0n) is 18.5. The Hall–Kier alpha value is -3.47. The molecule has 3 unspecified atom stereocenters. The molecule has 1 aromatic heterocycles. The van der Waals surface area contributed by atoms with Gasteiger partial charge in [0.25, 0.3) is 0 Å². The maximum absolute atomic E-state index is 13.7. The number of fused-ring (bicyclic) bond motifs is 2. The lowest BCUT2D eigenvalue weighted by Crippen LogP contribution is -2.32. The summed E-state index contributed by atoms with van der Waals surface area (Å²) in [5, 5.41) is 14.6. The number of nitrogens with one attached hydrogen (secondary N) is 2. The van der Waals surface area contributed by atoms with Gasteiger partial charge in [0.15, 0.2) is 0 Å². The van der Waals surface area contributed by atoms with Gasteiger partial charge in [-0.2, -0.15) is 5.26 Å². The van der Waals surface area contributed by atoms with Crippen molar-refractivity contribution < 1.29 is 18.7 Å². The van der Waals surface area contributed by atoms with Crippen LogP contribution in [0, 0.1) is 40.8 Å². The molecule has 0 bridgehead atoms. The first kappa shape index (κ1) is 22.7. The average Bonchev–Trinajstić information content (AvgIpc) is 3.28. The summed E-state index contributed by atoms with van der Waals surface area (Å²) in [6.07, 6.45) is 3.70. The van der Waals surface area contributed by atoms with E-state index in [-0.39, 0.29) is 36.1 Å². The lowest BCUT2D eigenvalue weighted by atomic mass is 9.97. The van der Waals surface area contributed by atoms with Crippen LogP contribution in [-0.4, -0.2) is 29.4 Å². The van der Waals surface area contributed by atoms with Crippen LogP contribution in [0.3, 0.4) is 0 Å². The van der Waals surface area contributed by atoms with Crippen LogP contribution in [0.25, 0.3) is 10.9 Å². The lowest BCUT2D eigenvalue weighted by Gasteiger charge is -2.20. The quantitative estimate of drug-likeness (QED) is 0.609. The van der Waals surface area contributed by atoms with Crippen molar-refractivity contribution in [3.8, 4) is 11.8 Å². The normalized spacial score (nSPS) is 23.8. The Morgan fingerprint density at radius 2 is 2.09 bits per heavy atom. The van der Waals surface area contributed by atoms with Crippen molar-refractivity contribution in [2.75, 3.05) is 6.54 Å². The number of benzene rings is 1. The van der Waals surface area contributed by atoms with Crippen molar-refractivity contribution in [1.82, 2.24) is 15.6 Å². The van der Waals surface area contributed by atoms with Gasteiger partial charge < -0.3 is 15.4 Å². The van der Waals surface area contributed by atoms with E-state index in [1.54, 1.807) is 24.4 Å². The number of nitriles is 1. The van der Waals surface area contributed by atoms with E-state index in [9.17, 15) is 14.0 Å². The molecule has 1 heterocycles. The van der Waals surface area contributed by atoms with E-state index in [4.69, 9.17) is 10.00 Å². The maximum Gasteiger partial charge on any atom is 0.234 e. The molecule has 2 aliphatic carbocycles. The van der Waals surface area contributed by atoms with Crippen LogP contribution in [0.15, 0.2) is 42.7 Å². The number of hydrogen-bond donors (Lipinski definition) is 2. The highest BCUT2D eigenvalue weighted by Gasteiger charge is 2.59. The van der Waals surface area contributed by atoms with Crippen LogP contribution in [0.1, 0.15) is 32.6 Å². The lowest BCUT2D eigenvalue weighted by molar-refractivity contribution is -0.124. The Kier molecular flexibility index (Phi) is 6.59. The maximum atomic E-state index is 13.7. The minimum absolute atomic E-state index is 0.0485. The third kappa shape index (κ3) is 5.14. The SMILES string of the molecule is C=C(CCNC(=O)CC#N)NC(=O)C(C)C1[C@H]2CC(Oc3ccnc4ccc(F)cc34)C[C@@H]12. The van der Waals surface area contributed by atoms with Crippen molar-refractivity contribution in [2.24, 2.45) is 23.7 Å². The highest BCUT2D eigenvalue weighted by atomic mass is 19.1. The molecular weight excluding hydrogens is 423 g/mol. The van der Waals surface area contributed by atoms with Gasteiger partial charge in [-0.1, -0.05) is 13.5 Å². The van der Waals surface area contributed by atoms with Gasteiger partial charge in [-0.25, -0.2) is 4.39 Å². The molecule has 7 nitrogen and oxygen atoms in total. The van der Waals surface area contributed by atoms with Crippen molar-refractivity contribution in [2.45, 2.75) is 38.7 Å². The molecule has 33 heavy (non-hydrogen) atoms. The van der Waals surface area contributed by atoms with Crippen LogP contribution in [-0.2, 0) is 9.59 Å². The second kappa shape index (κ2) is 9.57. The summed E-state index contributed by atoms with van der Waals surface area (Å²) in [6, 6.07) is 8.04. The first-order valence-electron chi connectivity index (χ1n) is 11.2. The predicted molar refractivity (Wildman–Crippen MR) is 120 cm³/mol. The fraction of sp³-hybridized carbons (Fsp3) is 0.440. The molecule has 2 aliphatic rings. The Bertz CT molecular complexity index is 1120. The van der Waals surface area contributed by atoms with Crippen molar-refractivity contribution in [3.63, 3.8) is 0 Å². The largest absolute Gasteiger partial charge is 0.490 e. The average molecular weight is 451 g/mol. The van der Waals surface area contributed by atoms with Gasteiger partial charge in [0, 0.05) is 36.2 Å². The van der Waals surface area contributed by atoms with Crippen LogP contribution in [0.2, 0.25) is 0 Å². The molecule has 0 radical (unpaired) electrons. The first-order chi connectivity index (χ1) is 15.9. The predicted octanol–water partition coefficient (Wildman–Crippen LogP) is 3.46. The number of hydrogen-bond acceptors (Lipinski definition) is 5. The summed E-state index contributed by atoms with van der Waals surface area (Å²) in [5.41, 5.74) is 1.25. The van der Waals surface area contributed by atoms with E-state index in [1.807, 2.05) is 6.92 Å². The molecular formula is C25H27FN4O3. The van der Waals surface area contributed by atoms with Crippen molar-refractivity contribution in [1.29, 1.82) is 5.26 Å². The molecule has 0 aliphatic heterocycles. The topological polar surface area (TPSA) is 104 Å². The number of carbonyl (C=O) groups is 2. The second-order valence-corrected chi connectivity index (χ2v) is 8.90. The van der Waals surface area contributed by atoms with E-state index < -0.39 is 0 Å². The van der Waals surface area contributed by atoms with Crippen LogP contribution < -0.4 is 15.4 Å². The molecule has 2 aromatic rings. The van der Waals surface area contributed by atoms with Gasteiger partial charge >= 0.3 is 0 Å². The summed E-state index contributed by atoms with van der Waals surface area (Å²) in [5.74, 6) is 1.000. The number of amides is 2. The smallest absolute Gasteiger partial charge is 0.234 e. The Morgan fingerprint density at radius 1 is 1.33 bits per heavy atom. The molecule has 2 N–H and O–H groups in total. The molecule has 0 spiro atoms. The number of ether oxygens (including phenoxy) is 1. The molecule has 4 rings (SSSR count). The number of carbonyl (C=O) groups excluding carboxylic acids is 2. The summed E-state index contributed by atoms with van der Waals surface area (Å²) in [7, 11) is 0. The van der Waals surface area contributed by atoms with Gasteiger partial charge in [0.05, 0.1) is 17.7 Å². The minimum Gasteiger partial charge on any atom is -0.490 e. The number of pyridine rings is 1. The number of nitrogens with zero attached hydrogens (tertiary/aromatic N) is 2. The molecule has 0 saturated heterocycles. The summed E-state index contributed by atoms with van der Waals surface area (Å²) < 4.78 is 19.9. The molecule has 5 atom stereocenters. The third-order valence-corrected chi connectivity index (χ3v) is 6.70. The Balaban J connectivity index is 1.24. The number of aromatic nitrogens is 1. The summed E-state index contributed by atoms with van der Waals surface area (Å²) in [6.45, 7) is 6.13.